The fourth-order valence-corrected chi connectivity index (χ4v) is 1.76. The van der Waals surface area contributed by atoms with Gasteiger partial charge in [0.2, 0.25) is 0 Å². The second kappa shape index (κ2) is 5.12. The third kappa shape index (κ3) is 2.92. The smallest absolute Gasteiger partial charge is 0.135 e. The highest BCUT2D eigenvalue weighted by Crippen LogP contribution is 2.29. The Morgan fingerprint density at radius 3 is 2.77 bits per heavy atom. The lowest BCUT2D eigenvalue weighted by atomic mass is 10.3. The van der Waals surface area contributed by atoms with Gasteiger partial charge in [-0.2, -0.15) is 0 Å². The summed E-state index contributed by atoms with van der Waals surface area (Å²) in [4.78, 5) is 1.01. The van der Waals surface area contributed by atoms with Gasteiger partial charge in [0.1, 0.15) is 11.6 Å². The third-order valence-corrected chi connectivity index (χ3v) is 2.44. The van der Waals surface area contributed by atoms with Gasteiger partial charge in [0.25, 0.3) is 0 Å². The molecule has 0 saturated heterocycles. The summed E-state index contributed by atoms with van der Waals surface area (Å²) < 4.78 is 18.1. The monoisotopic (exact) mass is 200 g/mol. The van der Waals surface area contributed by atoms with Crippen LogP contribution in [0.15, 0.2) is 23.1 Å². The van der Waals surface area contributed by atoms with Crippen molar-refractivity contribution in [3.8, 4) is 5.75 Å². The molecule has 1 rings (SSSR count). The molecule has 0 heterocycles. The van der Waals surface area contributed by atoms with Crippen molar-refractivity contribution in [1.29, 1.82) is 0 Å². The van der Waals surface area contributed by atoms with E-state index in [2.05, 4.69) is 6.92 Å². The van der Waals surface area contributed by atoms with Gasteiger partial charge in [-0.25, -0.2) is 4.39 Å². The molecule has 0 aliphatic carbocycles. The van der Waals surface area contributed by atoms with Gasteiger partial charge in [0.15, 0.2) is 0 Å². The minimum Gasteiger partial charge on any atom is -0.493 e. The minimum absolute atomic E-state index is 0.246. The van der Waals surface area contributed by atoms with E-state index in [1.165, 1.54) is 12.1 Å². The Balaban J connectivity index is 2.89. The summed E-state index contributed by atoms with van der Waals surface area (Å²) in [5, 5.41) is 0. The van der Waals surface area contributed by atoms with Gasteiger partial charge in [0, 0.05) is 11.0 Å². The van der Waals surface area contributed by atoms with Crippen LogP contribution in [0.2, 0.25) is 0 Å². The predicted molar refractivity (Wildman–Crippen MR) is 54.0 cm³/mol. The van der Waals surface area contributed by atoms with Crippen molar-refractivity contribution < 1.29 is 9.13 Å². The molecule has 1 aromatic carbocycles. The van der Waals surface area contributed by atoms with Crippen molar-refractivity contribution in [2.24, 2.45) is 0 Å². The number of hydrogen-bond acceptors (Lipinski definition) is 2. The molecular formula is C10H13FOS. The van der Waals surface area contributed by atoms with E-state index in [0.29, 0.717) is 12.4 Å². The van der Waals surface area contributed by atoms with Crippen molar-refractivity contribution in [2.45, 2.75) is 18.7 Å². The minimum atomic E-state index is -0.246. The molecule has 13 heavy (non-hydrogen) atoms. The molecule has 0 radical (unpaired) electrons. The van der Waals surface area contributed by atoms with Crippen LogP contribution in [0.1, 0.15) is 13.8 Å². The van der Waals surface area contributed by atoms with E-state index in [-0.39, 0.29) is 5.82 Å². The summed E-state index contributed by atoms with van der Waals surface area (Å²) in [6.07, 6.45) is 0. The van der Waals surface area contributed by atoms with E-state index >= 15 is 0 Å². The molecule has 0 saturated carbocycles. The summed E-state index contributed by atoms with van der Waals surface area (Å²) in [5.74, 6) is 1.37. The Morgan fingerprint density at radius 1 is 1.38 bits per heavy atom. The van der Waals surface area contributed by atoms with Crippen LogP contribution in [-0.4, -0.2) is 12.4 Å². The number of ether oxygens (including phenoxy) is 1. The SMILES string of the molecule is CCOc1cc(F)ccc1SCC. The van der Waals surface area contributed by atoms with Gasteiger partial charge in [-0.05, 0) is 24.8 Å². The van der Waals surface area contributed by atoms with Gasteiger partial charge in [0.05, 0.1) is 6.61 Å². The summed E-state index contributed by atoms with van der Waals surface area (Å²) >= 11 is 1.66. The lowest BCUT2D eigenvalue weighted by Crippen LogP contribution is -1.94. The molecule has 0 aliphatic rings. The van der Waals surface area contributed by atoms with Gasteiger partial charge in [-0.3, -0.25) is 0 Å². The Hall–Kier alpha value is -0.700. The van der Waals surface area contributed by atoms with E-state index < -0.39 is 0 Å². The molecule has 1 nitrogen and oxygen atoms in total. The zero-order chi connectivity index (χ0) is 9.68. The summed E-state index contributed by atoms with van der Waals surface area (Å²) in [7, 11) is 0. The molecule has 1 aromatic rings. The first-order valence-electron chi connectivity index (χ1n) is 4.33. The number of thioether (sulfide) groups is 1. The third-order valence-electron chi connectivity index (χ3n) is 1.51. The van der Waals surface area contributed by atoms with Crippen molar-refractivity contribution in [1.82, 2.24) is 0 Å². The number of benzene rings is 1. The average Bonchev–Trinajstić information content (AvgIpc) is 2.10. The van der Waals surface area contributed by atoms with Crippen LogP contribution in [0.5, 0.6) is 5.75 Å². The fourth-order valence-electron chi connectivity index (χ4n) is 1.02. The molecule has 3 heteroatoms. The van der Waals surface area contributed by atoms with Crippen LogP contribution in [0, 0.1) is 5.82 Å². The Morgan fingerprint density at radius 2 is 2.15 bits per heavy atom. The summed E-state index contributed by atoms with van der Waals surface area (Å²) in [6, 6.07) is 4.65. The van der Waals surface area contributed by atoms with Gasteiger partial charge >= 0.3 is 0 Å². The number of halogens is 1. The van der Waals surface area contributed by atoms with Crippen LogP contribution in [-0.2, 0) is 0 Å². The Bertz CT molecular complexity index is 276. The zero-order valence-electron chi connectivity index (χ0n) is 7.84. The zero-order valence-corrected chi connectivity index (χ0v) is 8.66. The molecule has 0 fully saturated rings. The van der Waals surface area contributed by atoms with Crippen molar-refractivity contribution in [3.05, 3.63) is 24.0 Å². The average molecular weight is 200 g/mol. The molecule has 0 amide bonds. The molecule has 0 aromatic heterocycles. The predicted octanol–water partition coefficient (Wildman–Crippen LogP) is 3.34. The number of rotatable bonds is 4. The fraction of sp³-hybridized carbons (Fsp3) is 0.400. The van der Waals surface area contributed by atoms with Crippen LogP contribution in [0.25, 0.3) is 0 Å². The quantitative estimate of drug-likeness (QED) is 0.689. The van der Waals surface area contributed by atoms with E-state index in [1.807, 2.05) is 6.92 Å². The van der Waals surface area contributed by atoms with Gasteiger partial charge < -0.3 is 4.74 Å². The molecule has 0 unspecified atom stereocenters. The first-order chi connectivity index (χ1) is 6.27. The Kier molecular flexibility index (Phi) is 4.09. The second-order valence-electron chi connectivity index (χ2n) is 2.46. The van der Waals surface area contributed by atoms with Crippen LogP contribution in [0.3, 0.4) is 0 Å². The van der Waals surface area contributed by atoms with Crippen LogP contribution in [0.4, 0.5) is 4.39 Å². The Labute approximate surface area is 82.3 Å². The van der Waals surface area contributed by atoms with E-state index in [0.717, 1.165) is 10.6 Å². The first-order valence-corrected chi connectivity index (χ1v) is 5.31. The van der Waals surface area contributed by atoms with Crippen molar-refractivity contribution in [3.63, 3.8) is 0 Å². The maximum absolute atomic E-state index is 12.8. The summed E-state index contributed by atoms with van der Waals surface area (Å²) in [5.41, 5.74) is 0. The van der Waals surface area contributed by atoms with Gasteiger partial charge in [-0.15, -0.1) is 11.8 Å². The highest BCUT2D eigenvalue weighted by Gasteiger charge is 2.04. The van der Waals surface area contributed by atoms with Crippen molar-refractivity contribution in [2.75, 3.05) is 12.4 Å². The number of hydrogen-bond donors (Lipinski definition) is 0. The van der Waals surface area contributed by atoms with Crippen LogP contribution >= 0.6 is 11.8 Å². The lowest BCUT2D eigenvalue weighted by Gasteiger charge is -2.08. The standard InChI is InChI=1S/C10H13FOS/c1-3-12-9-7-8(11)5-6-10(9)13-4-2/h5-7H,3-4H2,1-2H3. The highest BCUT2D eigenvalue weighted by atomic mass is 32.2. The lowest BCUT2D eigenvalue weighted by molar-refractivity contribution is 0.330. The van der Waals surface area contributed by atoms with E-state index in [1.54, 1.807) is 17.8 Å². The largest absolute Gasteiger partial charge is 0.493 e. The molecule has 0 N–H and O–H groups in total. The first kappa shape index (κ1) is 10.4. The highest BCUT2D eigenvalue weighted by molar-refractivity contribution is 7.99. The molecule has 0 aliphatic heterocycles. The maximum Gasteiger partial charge on any atom is 0.135 e. The normalized spacial score (nSPS) is 10.1. The molecular weight excluding hydrogens is 187 g/mol. The topological polar surface area (TPSA) is 9.23 Å². The molecule has 0 spiro atoms. The molecule has 72 valence electrons. The molecule has 0 atom stereocenters. The molecule has 0 bridgehead atoms. The second-order valence-corrected chi connectivity index (χ2v) is 3.76. The van der Waals surface area contributed by atoms with E-state index in [9.17, 15) is 4.39 Å². The van der Waals surface area contributed by atoms with Crippen LogP contribution < -0.4 is 4.74 Å². The van der Waals surface area contributed by atoms with E-state index in [4.69, 9.17) is 4.74 Å². The maximum atomic E-state index is 12.8. The van der Waals surface area contributed by atoms with Gasteiger partial charge in [-0.1, -0.05) is 6.92 Å². The summed E-state index contributed by atoms with van der Waals surface area (Å²) in [6.45, 7) is 4.52. The van der Waals surface area contributed by atoms with Crippen molar-refractivity contribution >= 4 is 11.8 Å².